The summed E-state index contributed by atoms with van der Waals surface area (Å²) in [7, 11) is 0. The van der Waals surface area contributed by atoms with E-state index in [1.165, 1.54) is 19.3 Å². The van der Waals surface area contributed by atoms with Crippen molar-refractivity contribution in [1.29, 1.82) is 0 Å². The maximum Gasteiger partial charge on any atom is 0.180 e. The van der Waals surface area contributed by atoms with Gasteiger partial charge in [-0.15, -0.1) is 5.10 Å². The van der Waals surface area contributed by atoms with Crippen LogP contribution in [0.25, 0.3) is 22.4 Å². The summed E-state index contributed by atoms with van der Waals surface area (Å²) >= 11 is 0. The molecule has 0 spiro atoms. The van der Waals surface area contributed by atoms with E-state index in [2.05, 4.69) is 66.1 Å². The van der Waals surface area contributed by atoms with E-state index in [9.17, 15) is 0 Å². The molecule has 0 bridgehead atoms. The molecule has 0 amide bonds. The Morgan fingerprint density at radius 1 is 0.703 bits per heavy atom. The number of hydrogen-bond acceptors (Lipinski definition) is 3. The summed E-state index contributed by atoms with van der Waals surface area (Å²) < 4.78 is 2.38. The van der Waals surface area contributed by atoms with E-state index in [4.69, 9.17) is 15.4 Å². The summed E-state index contributed by atoms with van der Waals surface area (Å²) in [6.07, 6.45) is 4.81. The number of anilines is 2. The van der Waals surface area contributed by atoms with Gasteiger partial charge in [0.1, 0.15) is 5.82 Å². The summed E-state index contributed by atoms with van der Waals surface area (Å²) in [6, 6.07) is 35.3. The fraction of sp³-hybridized carbons (Fsp3) is 0.188. The van der Waals surface area contributed by atoms with Gasteiger partial charge >= 0.3 is 0 Å². The Morgan fingerprint density at radius 2 is 1.38 bits per heavy atom. The molecule has 1 radical (unpaired) electrons. The van der Waals surface area contributed by atoms with Crippen LogP contribution in [0, 0.1) is 0 Å². The average molecular weight is 485 g/mol. The zero-order chi connectivity index (χ0) is 25.0. The molecule has 1 aliphatic heterocycles. The van der Waals surface area contributed by atoms with Gasteiger partial charge < -0.3 is 4.57 Å². The lowest BCUT2D eigenvalue weighted by Gasteiger charge is -2.27. The van der Waals surface area contributed by atoms with Gasteiger partial charge in [0, 0.05) is 17.7 Å². The van der Waals surface area contributed by atoms with Crippen molar-refractivity contribution >= 4 is 33.9 Å². The molecule has 0 saturated heterocycles. The number of amidine groups is 1. The Morgan fingerprint density at radius 3 is 2.08 bits per heavy atom. The third-order valence-electron chi connectivity index (χ3n) is 6.79. The summed E-state index contributed by atoms with van der Waals surface area (Å²) in [5.74, 6) is 1.70. The highest BCUT2D eigenvalue weighted by atomic mass is 15.5. The number of aryl methyl sites for hydroxylation is 1. The maximum absolute atomic E-state index is 5.13. The fourth-order valence-electron chi connectivity index (χ4n) is 4.90. The smallest absolute Gasteiger partial charge is 0.180 e. The first-order valence-electron chi connectivity index (χ1n) is 13.1. The van der Waals surface area contributed by atoms with Crippen molar-refractivity contribution in [3.8, 4) is 11.4 Å². The van der Waals surface area contributed by atoms with Crippen LogP contribution in [-0.4, -0.2) is 15.4 Å². The Labute approximate surface area is 218 Å². The molecule has 0 saturated carbocycles. The van der Waals surface area contributed by atoms with Crippen molar-refractivity contribution in [1.82, 2.24) is 14.9 Å². The van der Waals surface area contributed by atoms with E-state index < -0.39 is 0 Å². The van der Waals surface area contributed by atoms with Crippen molar-refractivity contribution in [3.05, 3.63) is 109 Å². The molecular weight excluding hydrogens is 454 g/mol. The van der Waals surface area contributed by atoms with Gasteiger partial charge in [-0.1, -0.05) is 105 Å². The first-order chi connectivity index (χ1) is 18.3. The van der Waals surface area contributed by atoms with Crippen molar-refractivity contribution in [2.24, 2.45) is 5.10 Å². The number of rotatable bonds is 8. The predicted octanol–water partition coefficient (Wildman–Crippen LogP) is 8.03. The van der Waals surface area contributed by atoms with Gasteiger partial charge in [0.15, 0.2) is 5.84 Å². The van der Waals surface area contributed by atoms with E-state index in [0.717, 1.165) is 58.0 Å². The minimum atomic E-state index is 0.693. The second kappa shape index (κ2) is 10.3. The SMILES string of the molecule is CCCCCCn1c(-c2ccccc2)nc2cc3c(cc21)N(c1ccccc1)N=C(c1ccccc1)[N]3. The summed E-state index contributed by atoms with van der Waals surface area (Å²) in [4.78, 5) is 5.13. The molecule has 2 heterocycles. The molecule has 1 aliphatic rings. The molecule has 183 valence electrons. The first-order valence-corrected chi connectivity index (χ1v) is 13.1. The highest BCUT2D eigenvalue weighted by molar-refractivity contribution is 6.07. The van der Waals surface area contributed by atoms with Crippen LogP contribution in [0.4, 0.5) is 17.1 Å². The molecule has 37 heavy (non-hydrogen) atoms. The lowest BCUT2D eigenvalue weighted by atomic mass is 10.1. The summed E-state index contributed by atoms with van der Waals surface area (Å²) in [5.41, 5.74) is 7.03. The standard InChI is InChI=1S/C32H30N5/c1-2-3-4-14-21-36-29-23-30-28(22-27(29)34-32(36)25-17-10-6-11-18-25)33-31(24-15-8-5-9-16-24)35-37(30)26-19-12-7-13-20-26/h5-13,15-20,22-23H,2-4,14,21H2,1H3. The highest BCUT2D eigenvalue weighted by Gasteiger charge is 2.25. The van der Waals surface area contributed by atoms with E-state index in [0.29, 0.717) is 5.84 Å². The average Bonchev–Trinajstić information content (AvgIpc) is 3.32. The van der Waals surface area contributed by atoms with Crippen LogP contribution in [0.3, 0.4) is 0 Å². The Balaban J connectivity index is 1.50. The molecule has 1 aromatic heterocycles. The van der Waals surface area contributed by atoms with Gasteiger partial charge in [0.2, 0.25) is 0 Å². The molecule has 0 atom stereocenters. The lowest BCUT2D eigenvalue weighted by Crippen LogP contribution is -2.25. The van der Waals surface area contributed by atoms with E-state index in [1.807, 2.05) is 53.5 Å². The summed E-state index contributed by atoms with van der Waals surface area (Å²) in [6.45, 7) is 3.18. The topological polar surface area (TPSA) is 47.5 Å². The minimum Gasteiger partial charge on any atom is -0.324 e. The molecular formula is C32H30N5. The number of imidazole rings is 1. The number of benzene rings is 4. The molecule has 0 fully saturated rings. The molecule has 0 unspecified atom stereocenters. The van der Waals surface area contributed by atoms with Crippen LogP contribution in [0.1, 0.15) is 38.2 Å². The van der Waals surface area contributed by atoms with Gasteiger partial charge in [-0.25, -0.2) is 15.3 Å². The van der Waals surface area contributed by atoms with Crippen LogP contribution in [0.2, 0.25) is 0 Å². The zero-order valence-corrected chi connectivity index (χ0v) is 21.1. The quantitative estimate of drug-likeness (QED) is 0.209. The number of fused-ring (bicyclic) bond motifs is 2. The number of aromatic nitrogens is 2. The third-order valence-corrected chi connectivity index (χ3v) is 6.79. The van der Waals surface area contributed by atoms with Gasteiger partial charge in [0.25, 0.3) is 0 Å². The first kappa shape index (κ1) is 23.0. The van der Waals surface area contributed by atoms with E-state index >= 15 is 0 Å². The third kappa shape index (κ3) is 4.60. The Hall–Kier alpha value is -4.38. The van der Waals surface area contributed by atoms with Crippen molar-refractivity contribution < 1.29 is 0 Å². The van der Waals surface area contributed by atoms with Crippen molar-refractivity contribution in [2.45, 2.75) is 39.2 Å². The number of hydrazone groups is 1. The maximum atomic E-state index is 5.13. The van der Waals surface area contributed by atoms with Crippen LogP contribution in [0.5, 0.6) is 0 Å². The monoisotopic (exact) mass is 484 g/mol. The predicted molar refractivity (Wildman–Crippen MR) is 153 cm³/mol. The Bertz CT molecular complexity index is 1520. The molecule has 5 heteroatoms. The second-order valence-corrected chi connectivity index (χ2v) is 9.39. The minimum absolute atomic E-state index is 0.693. The van der Waals surface area contributed by atoms with Gasteiger partial charge in [-0.3, -0.25) is 0 Å². The molecule has 5 nitrogen and oxygen atoms in total. The largest absolute Gasteiger partial charge is 0.324 e. The number of nitrogens with zero attached hydrogens (tertiary/aromatic N) is 5. The van der Waals surface area contributed by atoms with E-state index in [1.54, 1.807) is 0 Å². The molecule has 6 rings (SSSR count). The number of hydrogen-bond donors (Lipinski definition) is 0. The second-order valence-electron chi connectivity index (χ2n) is 9.39. The molecule has 0 aliphatic carbocycles. The van der Waals surface area contributed by atoms with Crippen molar-refractivity contribution in [2.75, 3.05) is 5.01 Å². The van der Waals surface area contributed by atoms with Crippen molar-refractivity contribution in [3.63, 3.8) is 0 Å². The van der Waals surface area contributed by atoms with Gasteiger partial charge in [-0.05, 0) is 30.7 Å². The van der Waals surface area contributed by atoms with E-state index in [-0.39, 0.29) is 0 Å². The fourth-order valence-corrected chi connectivity index (χ4v) is 4.90. The van der Waals surface area contributed by atoms with Crippen LogP contribution in [0.15, 0.2) is 108 Å². The van der Waals surface area contributed by atoms with Crippen LogP contribution >= 0.6 is 0 Å². The molecule has 0 N–H and O–H groups in total. The van der Waals surface area contributed by atoms with Crippen LogP contribution < -0.4 is 10.3 Å². The Kier molecular flexibility index (Phi) is 6.42. The number of para-hydroxylation sites is 1. The molecule has 4 aromatic carbocycles. The zero-order valence-electron chi connectivity index (χ0n) is 21.1. The normalized spacial score (nSPS) is 12.8. The lowest BCUT2D eigenvalue weighted by molar-refractivity contribution is 0.594. The number of unbranched alkanes of at least 4 members (excludes halogenated alkanes) is 3. The van der Waals surface area contributed by atoms with Gasteiger partial charge in [0.05, 0.1) is 28.1 Å². The summed E-state index contributed by atoms with van der Waals surface area (Å²) in [5, 5.41) is 12.0. The highest BCUT2D eigenvalue weighted by Crippen LogP contribution is 2.40. The molecule has 5 aromatic rings. The van der Waals surface area contributed by atoms with Crippen LogP contribution in [-0.2, 0) is 6.54 Å². The van der Waals surface area contributed by atoms with Gasteiger partial charge in [-0.2, -0.15) is 0 Å².